The smallest absolute Gasteiger partial charge is 0.249 e. The largest absolute Gasteiger partial charge is 0.307 e. The number of nitrogens with zero attached hydrogens (tertiary/aromatic N) is 1. The summed E-state index contributed by atoms with van der Waals surface area (Å²) in [6.45, 7) is 3.91. The lowest BCUT2D eigenvalue weighted by atomic mass is 10.1. The summed E-state index contributed by atoms with van der Waals surface area (Å²) >= 11 is 3.41. The first-order valence-electron chi connectivity index (χ1n) is 4.24. The van der Waals surface area contributed by atoms with Crippen molar-refractivity contribution in [2.75, 3.05) is 0 Å². The van der Waals surface area contributed by atoms with Crippen molar-refractivity contribution in [1.29, 1.82) is 0 Å². The van der Waals surface area contributed by atoms with Crippen molar-refractivity contribution in [2.24, 2.45) is 0 Å². The van der Waals surface area contributed by atoms with Gasteiger partial charge in [-0.25, -0.2) is 4.98 Å². The van der Waals surface area contributed by atoms with E-state index in [4.69, 9.17) is 0 Å². The highest BCUT2D eigenvalue weighted by atomic mass is 79.9. The molecule has 3 nitrogen and oxygen atoms in total. The molecule has 0 radical (unpaired) electrons. The van der Waals surface area contributed by atoms with E-state index in [9.17, 15) is 4.79 Å². The minimum absolute atomic E-state index is 0.107. The first kappa shape index (κ1) is 9.40. The van der Waals surface area contributed by atoms with Gasteiger partial charge in [-0.1, -0.05) is 0 Å². The van der Waals surface area contributed by atoms with Crippen molar-refractivity contribution >= 4 is 27.0 Å². The van der Waals surface area contributed by atoms with E-state index in [0.29, 0.717) is 5.65 Å². The van der Waals surface area contributed by atoms with E-state index in [1.165, 1.54) is 0 Å². The van der Waals surface area contributed by atoms with Gasteiger partial charge >= 0.3 is 0 Å². The van der Waals surface area contributed by atoms with Crippen LogP contribution in [0.4, 0.5) is 0 Å². The third-order valence-electron chi connectivity index (χ3n) is 2.26. The molecule has 2 rings (SSSR count). The summed E-state index contributed by atoms with van der Waals surface area (Å²) in [5.74, 6) is 0. The average molecular weight is 253 g/mol. The third kappa shape index (κ3) is 1.35. The summed E-state index contributed by atoms with van der Waals surface area (Å²) in [5.41, 5.74) is 2.60. The van der Waals surface area contributed by atoms with Gasteiger partial charge in [0.05, 0.1) is 0 Å². The minimum Gasteiger partial charge on any atom is -0.307 e. The standard InChI is InChI=1S/C10H9BrN2O/c1-5-3-8(14)13-10-9(5)6(2)7(11)4-12-10/h3-4H,1-2H3,(H,12,13,14). The first-order chi connectivity index (χ1) is 6.59. The van der Waals surface area contributed by atoms with Crippen molar-refractivity contribution in [3.05, 3.63) is 38.2 Å². The van der Waals surface area contributed by atoms with Gasteiger partial charge in [0.1, 0.15) is 5.65 Å². The first-order valence-corrected chi connectivity index (χ1v) is 5.03. The van der Waals surface area contributed by atoms with E-state index in [1.54, 1.807) is 12.3 Å². The average Bonchev–Trinajstić information content (AvgIpc) is 2.10. The van der Waals surface area contributed by atoms with Crippen LogP contribution in [-0.2, 0) is 0 Å². The van der Waals surface area contributed by atoms with Gasteiger partial charge in [0, 0.05) is 22.1 Å². The number of nitrogens with one attached hydrogen (secondary N) is 1. The molecule has 14 heavy (non-hydrogen) atoms. The molecule has 4 heteroatoms. The molecule has 0 amide bonds. The van der Waals surface area contributed by atoms with Crippen LogP contribution >= 0.6 is 15.9 Å². The number of aryl methyl sites for hydroxylation is 2. The lowest BCUT2D eigenvalue weighted by molar-refractivity contribution is 1.19. The Balaban J connectivity index is 3.03. The van der Waals surface area contributed by atoms with Gasteiger partial charge in [-0.2, -0.15) is 0 Å². The van der Waals surface area contributed by atoms with E-state index in [2.05, 4.69) is 25.9 Å². The Morgan fingerprint density at radius 1 is 1.43 bits per heavy atom. The Labute approximate surface area is 89.3 Å². The molecule has 0 fully saturated rings. The number of rotatable bonds is 0. The summed E-state index contributed by atoms with van der Waals surface area (Å²) < 4.78 is 0.958. The second-order valence-corrected chi connectivity index (χ2v) is 4.13. The van der Waals surface area contributed by atoms with Crippen LogP contribution in [0.25, 0.3) is 11.0 Å². The zero-order valence-electron chi connectivity index (χ0n) is 7.89. The highest BCUT2D eigenvalue weighted by Crippen LogP contribution is 2.23. The number of pyridine rings is 2. The highest BCUT2D eigenvalue weighted by molar-refractivity contribution is 9.10. The van der Waals surface area contributed by atoms with Crippen molar-refractivity contribution in [1.82, 2.24) is 9.97 Å². The van der Waals surface area contributed by atoms with Gasteiger partial charge in [0.2, 0.25) is 5.56 Å². The van der Waals surface area contributed by atoms with E-state index >= 15 is 0 Å². The monoisotopic (exact) mass is 252 g/mol. The zero-order valence-corrected chi connectivity index (χ0v) is 9.47. The molecule has 0 aliphatic carbocycles. The van der Waals surface area contributed by atoms with E-state index < -0.39 is 0 Å². The van der Waals surface area contributed by atoms with E-state index in [-0.39, 0.29) is 5.56 Å². The number of halogens is 1. The fraction of sp³-hybridized carbons (Fsp3) is 0.200. The molecule has 1 N–H and O–H groups in total. The van der Waals surface area contributed by atoms with Crippen LogP contribution in [0, 0.1) is 13.8 Å². The van der Waals surface area contributed by atoms with Crippen LogP contribution in [0.1, 0.15) is 11.1 Å². The summed E-state index contributed by atoms with van der Waals surface area (Å²) in [5, 5.41) is 1.01. The summed E-state index contributed by atoms with van der Waals surface area (Å²) in [7, 11) is 0. The Bertz CT molecular complexity index is 560. The fourth-order valence-electron chi connectivity index (χ4n) is 1.58. The van der Waals surface area contributed by atoms with Gasteiger partial charge in [-0.05, 0) is 40.9 Å². The van der Waals surface area contributed by atoms with Crippen molar-refractivity contribution in [3.63, 3.8) is 0 Å². The molecule has 0 atom stereocenters. The maximum absolute atomic E-state index is 11.2. The summed E-state index contributed by atoms with van der Waals surface area (Å²) in [4.78, 5) is 18.1. The molecule has 0 unspecified atom stereocenters. The van der Waals surface area contributed by atoms with Crippen LogP contribution in [0.2, 0.25) is 0 Å². The van der Waals surface area contributed by atoms with Crippen molar-refractivity contribution in [3.8, 4) is 0 Å². The molecule has 0 saturated carbocycles. The van der Waals surface area contributed by atoms with Crippen LogP contribution in [0.5, 0.6) is 0 Å². The van der Waals surface area contributed by atoms with Crippen LogP contribution in [0.3, 0.4) is 0 Å². The molecule has 2 aromatic rings. The van der Waals surface area contributed by atoms with Crippen molar-refractivity contribution < 1.29 is 0 Å². The molecule has 0 aromatic carbocycles. The predicted molar refractivity (Wildman–Crippen MR) is 59.5 cm³/mol. The zero-order chi connectivity index (χ0) is 10.3. The van der Waals surface area contributed by atoms with Gasteiger partial charge in [-0.3, -0.25) is 4.79 Å². The number of aromatic nitrogens is 2. The maximum atomic E-state index is 11.2. The molecule has 0 spiro atoms. The molecular weight excluding hydrogens is 244 g/mol. The predicted octanol–water partition coefficient (Wildman–Crippen LogP) is 2.30. The summed E-state index contributed by atoms with van der Waals surface area (Å²) in [6.07, 6.45) is 1.70. The van der Waals surface area contributed by atoms with Gasteiger partial charge < -0.3 is 4.98 Å². The van der Waals surface area contributed by atoms with E-state index in [1.807, 2.05) is 13.8 Å². The molecule has 2 heterocycles. The van der Waals surface area contributed by atoms with Crippen LogP contribution < -0.4 is 5.56 Å². The Kier molecular flexibility index (Phi) is 2.15. The highest BCUT2D eigenvalue weighted by Gasteiger charge is 2.06. The van der Waals surface area contributed by atoms with Crippen LogP contribution in [-0.4, -0.2) is 9.97 Å². The second kappa shape index (κ2) is 3.20. The topological polar surface area (TPSA) is 45.8 Å². The number of fused-ring (bicyclic) bond motifs is 1. The SMILES string of the molecule is Cc1cc(=O)[nH]c2ncc(Br)c(C)c12. The van der Waals surface area contributed by atoms with Gasteiger partial charge in [0.15, 0.2) is 0 Å². The number of hydrogen-bond acceptors (Lipinski definition) is 2. The molecule has 0 saturated heterocycles. The van der Waals surface area contributed by atoms with Gasteiger partial charge in [-0.15, -0.1) is 0 Å². The van der Waals surface area contributed by atoms with Gasteiger partial charge in [0.25, 0.3) is 0 Å². The minimum atomic E-state index is -0.107. The number of H-pyrrole nitrogens is 1. The molecule has 2 aromatic heterocycles. The Morgan fingerprint density at radius 3 is 2.86 bits per heavy atom. The number of hydrogen-bond donors (Lipinski definition) is 1. The Hall–Kier alpha value is -1.16. The lowest BCUT2D eigenvalue weighted by Crippen LogP contribution is -2.06. The number of aromatic amines is 1. The third-order valence-corrected chi connectivity index (χ3v) is 3.06. The molecule has 0 bridgehead atoms. The fourth-order valence-corrected chi connectivity index (χ4v) is 1.88. The molecule has 0 aliphatic rings. The second-order valence-electron chi connectivity index (χ2n) is 3.27. The molecular formula is C10H9BrN2O. The summed E-state index contributed by atoms with van der Waals surface area (Å²) in [6, 6.07) is 1.59. The lowest BCUT2D eigenvalue weighted by Gasteiger charge is -2.05. The van der Waals surface area contributed by atoms with Crippen molar-refractivity contribution in [2.45, 2.75) is 13.8 Å². The Morgan fingerprint density at radius 2 is 2.14 bits per heavy atom. The molecule has 0 aliphatic heterocycles. The maximum Gasteiger partial charge on any atom is 0.249 e. The van der Waals surface area contributed by atoms with E-state index in [0.717, 1.165) is 21.0 Å². The quantitative estimate of drug-likeness (QED) is 0.782. The molecule has 72 valence electrons. The van der Waals surface area contributed by atoms with Crippen LogP contribution in [0.15, 0.2) is 21.5 Å². The normalized spacial score (nSPS) is 10.8.